The molecule has 4 nitrogen and oxygen atoms in total. The molecule has 0 spiro atoms. The summed E-state index contributed by atoms with van der Waals surface area (Å²) in [5.41, 5.74) is 1.03. The number of amides is 1. The lowest BCUT2D eigenvalue weighted by Crippen LogP contribution is -2.31. The minimum atomic E-state index is -0.209. The Balaban J connectivity index is 2.09. The van der Waals surface area contributed by atoms with Crippen LogP contribution in [-0.2, 0) is 4.79 Å². The summed E-state index contributed by atoms with van der Waals surface area (Å²) in [6, 6.07) is 9.94. The van der Waals surface area contributed by atoms with Crippen molar-refractivity contribution in [2.75, 3.05) is 6.54 Å². The van der Waals surface area contributed by atoms with Crippen LogP contribution in [0.2, 0.25) is 0 Å². The van der Waals surface area contributed by atoms with Crippen LogP contribution in [-0.4, -0.2) is 27.3 Å². The van der Waals surface area contributed by atoms with E-state index in [1.807, 2.05) is 48.0 Å². The van der Waals surface area contributed by atoms with Crippen LogP contribution in [0.4, 0.5) is 0 Å². The monoisotopic (exact) mass is 287 g/mol. The highest BCUT2D eigenvalue weighted by atomic mass is 32.2. The predicted octanol–water partition coefficient (Wildman–Crippen LogP) is 2.66. The predicted molar refractivity (Wildman–Crippen MR) is 82.1 cm³/mol. The molecule has 1 N–H and O–H groups in total. The fourth-order valence-electron chi connectivity index (χ4n) is 1.69. The van der Waals surface area contributed by atoms with Crippen molar-refractivity contribution in [1.82, 2.24) is 14.9 Å². The fraction of sp³-hybridized carbons (Fsp3) is 0.200. The molecular weight excluding hydrogens is 270 g/mol. The zero-order valence-electron chi connectivity index (χ0n) is 11.3. The number of carbonyl (C=O) groups excluding carboxylic acids is 1. The molecule has 5 heteroatoms. The molecule has 0 aliphatic carbocycles. The number of hydrogen-bond acceptors (Lipinski definition) is 3. The highest BCUT2D eigenvalue weighted by molar-refractivity contribution is 8.00. The fourth-order valence-corrected chi connectivity index (χ4v) is 2.60. The van der Waals surface area contributed by atoms with Gasteiger partial charge in [0.15, 0.2) is 5.16 Å². The first-order chi connectivity index (χ1) is 9.72. The normalized spacial score (nSPS) is 11.8. The van der Waals surface area contributed by atoms with Crippen molar-refractivity contribution in [2.24, 2.45) is 0 Å². The number of hydrogen-bond donors (Lipinski definition) is 1. The topological polar surface area (TPSA) is 46.9 Å². The minimum absolute atomic E-state index is 0.0162. The van der Waals surface area contributed by atoms with E-state index in [2.05, 4.69) is 16.9 Å². The van der Waals surface area contributed by atoms with Crippen LogP contribution in [0.5, 0.6) is 0 Å². The Labute approximate surface area is 122 Å². The maximum absolute atomic E-state index is 11.9. The third kappa shape index (κ3) is 3.51. The van der Waals surface area contributed by atoms with Crippen LogP contribution >= 0.6 is 11.8 Å². The molecule has 1 atom stereocenters. The molecule has 1 heterocycles. The van der Waals surface area contributed by atoms with Crippen molar-refractivity contribution in [2.45, 2.75) is 17.3 Å². The lowest BCUT2D eigenvalue weighted by atomic mass is 10.3. The van der Waals surface area contributed by atoms with E-state index in [9.17, 15) is 4.79 Å². The van der Waals surface area contributed by atoms with E-state index < -0.39 is 0 Å². The van der Waals surface area contributed by atoms with E-state index in [4.69, 9.17) is 0 Å². The summed E-state index contributed by atoms with van der Waals surface area (Å²) >= 11 is 1.44. The van der Waals surface area contributed by atoms with Crippen molar-refractivity contribution in [1.29, 1.82) is 0 Å². The molecule has 104 valence electrons. The van der Waals surface area contributed by atoms with Gasteiger partial charge in [0.05, 0.1) is 5.25 Å². The van der Waals surface area contributed by atoms with Crippen LogP contribution in [0.25, 0.3) is 5.69 Å². The molecule has 1 aromatic carbocycles. The number of para-hydroxylation sites is 1. The summed E-state index contributed by atoms with van der Waals surface area (Å²) in [5, 5.41) is 3.38. The second kappa shape index (κ2) is 6.96. The molecule has 0 saturated heterocycles. The van der Waals surface area contributed by atoms with Gasteiger partial charge in [0.2, 0.25) is 5.91 Å². The van der Waals surface area contributed by atoms with Gasteiger partial charge in [-0.15, -0.1) is 6.58 Å². The van der Waals surface area contributed by atoms with Crippen LogP contribution in [0, 0.1) is 0 Å². The van der Waals surface area contributed by atoms with Gasteiger partial charge in [-0.05, 0) is 19.1 Å². The Morgan fingerprint density at radius 2 is 2.25 bits per heavy atom. The van der Waals surface area contributed by atoms with E-state index in [-0.39, 0.29) is 11.2 Å². The van der Waals surface area contributed by atoms with E-state index >= 15 is 0 Å². The van der Waals surface area contributed by atoms with Crippen LogP contribution in [0.15, 0.2) is 60.5 Å². The number of carbonyl (C=O) groups is 1. The highest BCUT2D eigenvalue weighted by Crippen LogP contribution is 2.24. The number of thioether (sulfide) groups is 1. The smallest absolute Gasteiger partial charge is 0.233 e. The van der Waals surface area contributed by atoms with Crippen LogP contribution in [0.1, 0.15) is 6.92 Å². The molecule has 20 heavy (non-hydrogen) atoms. The summed E-state index contributed by atoms with van der Waals surface area (Å²) in [4.78, 5) is 16.2. The average molecular weight is 287 g/mol. The molecule has 0 radical (unpaired) electrons. The van der Waals surface area contributed by atoms with Gasteiger partial charge >= 0.3 is 0 Å². The Kier molecular flexibility index (Phi) is 5.01. The zero-order valence-corrected chi connectivity index (χ0v) is 12.1. The zero-order chi connectivity index (χ0) is 14.4. The van der Waals surface area contributed by atoms with Crippen LogP contribution < -0.4 is 5.32 Å². The summed E-state index contributed by atoms with van der Waals surface area (Å²) in [6.07, 6.45) is 5.30. The molecule has 0 saturated carbocycles. The molecule has 0 unspecified atom stereocenters. The first-order valence-electron chi connectivity index (χ1n) is 6.36. The highest BCUT2D eigenvalue weighted by Gasteiger charge is 2.16. The van der Waals surface area contributed by atoms with Gasteiger partial charge in [-0.2, -0.15) is 0 Å². The standard InChI is InChI=1S/C15H17N3OS/c1-3-9-16-14(19)12(2)20-15-17-10-11-18(15)13-7-5-4-6-8-13/h3-8,10-12H,1,9H2,2H3,(H,16,19)/t12-/m0/s1. The van der Waals surface area contributed by atoms with Gasteiger partial charge in [0, 0.05) is 24.6 Å². The van der Waals surface area contributed by atoms with Gasteiger partial charge in [-0.3, -0.25) is 9.36 Å². The van der Waals surface area contributed by atoms with Gasteiger partial charge in [-0.1, -0.05) is 36.0 Å². The number of rotatable bonds is 6. The molecule has 0 bridgehead atoms. The van der Waals surface area contributed by atoms with Gasteiger partial charge in [-0.25, -0.2) is 4.98 Å². The van der Waals surface area contributed by atoms with Crippen molar-refractivity contribution in [3.63, 3.8) is 0 Å². The molecule has 2 aromatic rings. The molecule has 0 aliphatic heterocycles. The lowest BCUT2D eigenvalue weighted by Gasteiger charge is -2.12. The van der Waals surface area contributed by atoms with Gasteiger partial charge in [0.25, 0.3) is 0 Å². The van der Waals surface area contributed by atoms with Crippen molar-refractivity contribution in [3.05, 3.63) is 55.4 Å². The second-order valence-corrected chi connectivity index (χ2v) is 5.52. The van der Waals surface area contributed by atoms with E-state index in [1.165, 1.54) is 11.8 Å². The average Bonchev–Trinajstić information content (AvgIpc) is 2.93. The molecular formula is C15H17N3OS. The Bertz CT molecular complexity index is 580. The number of aromatic nitrogens is 2. The molecule has 1 aromatic heterocycles. The minimum Gasteiger partial charge on any atom is -0.352 e. The SMILES string of the molecule is C=CCNC(=O)[C@H](C)Sc1nccn1-c1ccccc1. The van der Waals surface area contributed by atoms with Crippen molar-refractivity contribution >= 4 is 17.7 Å². The van der Waals surface area contributed by atoms with Gasteiger partial charge in [0.1, 0.15) is 0 Å². The lowest BCUT2D eigenvalue weighted by molar-refractivity contribution is -0.120. The van der Waals surface area contributed by atoms with Gasteiger partial charge < -0.3 is 5.32 Å². The number of benzene rings is 1. The number of nitrogens with one attached hydrogen (secondary N) is 1. The largest absolute Gasteiger partial charge is 0.352 e. The summed E-state index contributed by atoms with van der Waals surface area (Å²) < 4.78 is 1.97. The number of nitrogens with zero attached hydrogens (tertiary/aromatic N) is 2. The van der Waals surface area contributed by atoms with Crippen LogP contribution in [0.3, 0.4) is 0 Å². The molecule has 0 aliphatic rings. The van der Waals surface area contributed by atoms with Crippen molar-refractivity contribution in [3.8, 4) is 5.69 Å². The second-order valence-electron chi connectivity index (χ2n) is 4.21. The summed E-state index contributed by atoms with van der Waals surface area (Å²) in [6.45, 7) is 5.93. The Morgan fingerprint density at radius 3 is 2.95 bits per heavy atom. The van der Waals surface area contributed by atoms with E-state index in [0.717, 1.165) is 10.8 Å². The summed E-state index contributed by atoms with van der Waals surface area (Å²) in [7, 11) is 0. The Hall–Kier alpha value is -2.01. The quantitative estimate of drug-likeness (QED) is 0.656. The third-order valence-corrected chi connectivity index (χ3v) is 3.79. The molecule has 2 rings (SSSR count). The third-order valence-electron chi connectivity index (χ3n) is 2.71. The van der Waals surface area contributed by atoms with E-state index in [1.54, 1.807) is 12.3 Å². The van der Waals surface area contributed by atoms with E-state index in [0.29, 0.717) is 6.54 Å². The Morgan fingerprint density at radius 1 is 1.50 bits per heavy atom. The molecule has 1 amide bonds. The number of imidazole rings is 1. The molecule has 0 fully saturated rings. The maximum Gasteiger partial charge on any atom is 0.233 e. The first kappa shape index (κ1) is 14.4. The summed E-state index contributed by atoms with van der Waals surface area (Å²) in [5.74, 6) is -0.0162. The maximum atomic E-state index is 11.9. The van der Waals surface area contributed by atoms with Crippen molar-refractivity contribution < 1.29 is 4.79 Å². The first-order valence-corrected chi connectivity index (χ1v) is 7.24.